The second-order valence-corrected chi connectivity index (χ2v) is 6.24. The molecule has 2 N–H and O–H groups in total. The van der Waals surface area contributed by atoms with Crippen LogP contribution in [0.3, 0.4) is 0 Å². The van der Waals surface area contributed by atoms with Crippen molar-refractivity contribution >= 4 is 23.3 Å². The van der Waals surface area contributed by atoms with Crippen LogP contribution in [0.25, 0.3) is 0 Å². The lowest BCUT2D eigenvalue weighted by atomic mass is 10.1. The first kappa shape index (κ1) is 18.8. The number of guanidine groups is 1. The van der Waals surface area contributed by atoms with Crippen LogP contribution in [0.5, 0.6) is 5.75 Å². The topological polar surface area (TPSA) is 72.0 Å². The molecule has 7 heteroatoms. The van der Waals surface area contributed by atoms with Crippen molar-refractivity contribution in [3.8, 4) is 5.75 Å². The Kier molecular flexibility index (Phi) is 7.28. The molecule has 0 aliphatic carbocycles. The Hall–Kier alpha value is -2.54. The van der Waals surface area contributed by atoms with Crippen LogP contribution in [0, 0.1) is 0 Å². The molecule has 1 aromatic heterocycles. The highest BCUT2D eigenvalue weighted by molar-refractivity contribution is 7.09. The van der Waals surface area contributed by atoms with Crippen LogP contribution in [0.15, 0.2) is 40.7 Å². The van der Waals surface area contributed by atoms with Gasteiger partial charge in [-0.2, -0.15) is 0 Å². The third kappa shape index (κ3) is 5.49. The monoisotopic (exact) mass is 361 g/mol. The van der Waals surface area contributed by atoms with Crippen molar-refractivity contribution in [2.75, 3.05) is 27.8 Å². The van der Waals surface area contributed by atoms with Gasteiger partial charge in [-0.3, -0.25) is 4.99 Å². The average molecular weight is 361 g/mol. The molecule has 1 aromatic carbocycles. The zero-order chi connectivity index (χ0) is 18.1. The molecular weight excluding hydrogens is 338 g/mol. The van der Waals surface area contributed by atoms with Crippen molar-refractivity contribution in [1.29, 1.82) is 0 Å². The molecule has 0 atom stereocenters. The summed E-state index contributed by atoms with van der Waals surface area (Å²) in [6.45, 7) is 1.34. The van der Waals surface area contributed by atoms with E-state index in [4.69, 9.17) is 9.47 Å². The molecule has 0 saturated carbocycles. The normalized spacial score (nSPS) is 11.1. The van der Waals surface area contributed by atoms with Gasteiger partial charge in [0.2, 0.25) is 0 Å². The summed E-state index contributed by atoms with van der Waals surface area (Å²) in [6, 6.07) is 9.59. The summed E-state index contributed by atoms with van der Waals surface area (Å²) in [5.74, 6) is 0.790. The van der Waals surface area contributed by atoms with Crippen molar-refractivity contribution in [2.24, 2.45) is 4.99 Å². The van der Waals surface area contributed by atoms with Gasteiger partial charge < -0.3 is 20.1 Å². The molecule has 0 unspecified atom stereocenters. The first-order valence-electron chi connectivity index (χ1n) is 7.90. The molecule has 0 radical (unpaired) electrons. The van der Waals surface area contributed by atoms with E-state index < -0.39 is 5.97 Å². The Labute approximate surface area is 151 Å². The summed E-state index contributed by atoms with van der Waals surface area (Å²) in [7, 11) is 4.61. The fourth-order valence-electron chi connectivity index (χ4n) is 2.30. The van der Waals surface area contributed by atoms with Crippen LogP contribution in [0.1, 0.15) is 20.8 Å². The van der Waals surface area contributed by atoms with Crippen LogP contribution < -0.4 is 15.4 Å². The Bertz CT molecular complexity index is 714. The number of carbonyl (C=O) groups excluding carboxylic acids is 1. The number of esters is 1. The van der Waals surface area contributed by atoms with Crippen LogP contribution in [0.4, 0.5) is 0 Å². The molecule has 0 saturated heterocycles. The summed E-state index contributed by atoms with van der Waals surface area (Å²) >= 11 is 1.75. The van der Waals surface area contributed by atoms with Crippen molar-refractivity contribution < 1.29 is 14.3 Å². The molecule has 2 aromatic rings. The lowest BCUT2D eigenvalue weighted by Crippen LogP contribution is -2.37. The van der Waals surface area contributed by atoms with Crippen molar-refractivity contribution in [3.63, 3.8) is 0 Å². The number of rotatable bonds is 7. The molecule has 0 spiro atoms. The molecule has 1 heterocycles. The minimum atomic E-state index is -0.419. The van der Waals surface area contributed by atoms with Crippen molar-refractivity contribution in [3.05, 3.63) is 51.7 Å². The largest absolute Gasteiger partial charge is 0.496 e. The number of hydrogen-bond donors (Lipinski definition) is 2. The highest BCUT2D eigenvalue weighted by Crippen LogP contribution is 2.20. The van der Waals surface area contributed by atoms with Gasteiger partial charge in [-0.05, 0) is 35.6 Å². The van der Waals surface area contributed by atoms with E-state index in [9.17, 15) is 4.79 Å². The highest BCUT2D eigenvalue weighted by atomic mass is 32.1. The van der Waals surface area contributed by atoms with Gasteiger partial charge in [0.15, 0.2) is 5.96 Å². The highest BCUT2D eigenvalue weighted by Gasteiger charge is 2.13. The maximum Gasteiger partial charge on any atom is 0.341 e. The smallest absolute Gasteiger partial charge is 0.341 e. The number of nitrogens with one attached hydrogen (secondary N) is 2. The Morgan fingerprint density at radius 1 is 1.24 bits per heavy atom. The maximum absolute atomic E-state index is 11.8. The Morgan fingerprint density at radius 2 is 2.08 bits per heavy atom. The fraction of sp³-hybridized carbons (Fsp3) is 0.333. The number of ether oxygens (including phenoxy) is 2. The van der Waals surface area contributed by atoms with Gasteiger partial charge in [0.05, 0.1) is 14.2 Å². The minimum Gasteiger partial charge on any atom is -0.496 e. The molecule has 25 heavy (non-hydrogen) atoms. The van der Waals surface area contributed by atoms with Crippen LogP contribution in [-0.4, -0.2) is 39.7 Å². The van der Waals surface area contributed by atoms with Crippen LogP contribution in [0.2, 0.25) is 0 Å². The summed E-state index contributed by atoms with van der Waals surface area (Å²) in [4.78, 5) is 17.4. The SMILES string of the molecule is CN=C(NCCc1cccs1)NCc1ccc(OC)c(C(=O)OC)c1. The summed E-state index contributed by atoms with van der Waals surface area (Å²) in [6.07, 6.45) is 0.952. The number of thiophene rings is 1. The average Bonchev–Trinajstić information content (AvgIpc) is 3.17. The third-order valence-electron chi connectivity index (χ3n) is 3.60. The molecule has 0 aliphatic heterocycles. The molecule has 0 fully saturated rings. The molecule has 0 aliphatic rings. The minimum absolute atomic E-state index is 0.407. The van der Waals surface area contributed by atoms with Crippen LogP contribution in [-0.2, 0) is 17.7 Å². The molecule has 2 rings (SSSR count). The van der Waals surface area contributed by atoms with E-state index in [1.54, 1.807) is 30.5 Å². The zero-order valence-electron chi connectivity index (χ0n) is 14.7. The van der Waals surface area contributed by atoms with Gasteiger partial charge >= 0.3 is 5.97 Å². The lowest BCUT2D eigenvalue weighted by Gasteiger charge is -2.13. The van der Waals surface area contributed by atoms with Gasteiger partial charge in [-0.1, -0.05) is 12.1 Å². The van der Waals surface area contributed by atoms with E-state index in [0.29, 0.717) is 23.8 Å². The Morgan fingerprint density at radius 3 is 2.72 bits per heavy atom. The number of benzene rings is 1. The van der Waals surface area contributed by atoms with Gasteiger partial charge in [0.25, 0.3) is 0 Å². The summed E-state index contributed by atoms with van der Waals surface area (Å²) < 4.78 is 10.00. The predicted molar refractivity (Wildman–Crippen MR) is 101 cm³/mol. The number of aliphatic imine (C=N–C) groups is 1. The quantitative estimate of drug-likeness (QED) is 0.450. The summed E-state index contributed by atoms with van der Waals surface area (Å²) in [5.41, 5.74) is 1.34. The van der Waals surface area contributed by atoms with E-state index in [0.717, 1.165) is 18.5 Å². The number of methoxy groups -OCH3 is 2. The molecule has 0 bridgehead atoms. The van der Waals surface area contributed by atoms with Crippen LogP contribution >= 0.6 is 11.3 Å². The number of carbonyl (C=O) groups is 1. The van der Waals surface area contributed by atoms with Gasteiger partial charge in [0, 0.05) is 25.0 Å². The molecule has 0 amide bonds. The van der Waals surface area contributed by atoms with Gasteiger partial charge in [-0.25, -0.2) is 4.79 Å². The van der Waals surface area contributed by atoms with E-state index in [2.05, 4.69) is 33.1 Å². The fourth-order valence-corrected chi connectivity index (χ4v) is 3.01. The Balaban J connectivity index is 1.91. The predicted octanol–water partition coefficient (Wildman–Crippen LogP) is 2.45. The number of hydrogen-bond acceptors (Lipinski definition) is 5. The third-order valence-corrected chi connectivity index (χ3v) is 4.53. The first-order valence-corrected chi connectivity index (χ1v) is 8.78. The van der Waals surface area contributed by atoms with E-state index in [-0.39, 0.29) is 0 Å². The maximum atomic E-state index is 11.8. The van der Waals surface area contributed by atoms with Crippen molar-refractivity contribution in [1.82, 2.24) is 10.6 Å². The second-order valence-electron chi connectivity index (χ2n) is 5.21. The number of nitrogens with zero attached hydrogens (tertiary/aromatic N) is 1. The molecular formula is C18H23N3O3S. The van der Waals surface area contributed by atoms with E-state index in [1.165, 1.54) is 19.1 Å². The zero-order valence-corrected chi connectivity index (χ0v) is 15.5. The van der Waals surface area contributed by atoms with E-state index in [1.807, 2.05) is 6.07 Å². The lowest BCUT2D eigenvalue weighted by molar-refractivity contribution is 0.0597. The summed E-state index contributed by atoms with van der Waals surface area (Å²) in [5, 5.41) is 8.59. The molecule has 6 nitrogen and oxygen atoms in total. The molecule has 134 valence electrons. The first-order chi connectivity index (χ1) is 12.2. The van der Waals surface area contributed by atoms with Crippen molar-refractivity contribution in [2.45, 2.75) is 13.0 Å². The van der Waals surface area contributed by atoms with Gasteiger partial charge in [-0.15, -0.1) is 11.3 Å². The van der Waals surface area contributed by atoms with E-state index >= 15 is 0 Å². The second kappa shape index (κ2) is 9.68. The van der Waals surface area contributed by atoms with Gasteiger partial charge in [0.1, 0.15) is 11.3 Å². The standard InChI is InChI=1S/C18H23N3O3S/c1-19-18(20-9-8-14-5-4-10-25-14)21-12-13-6-7-16(23-2)15(11-13)17(22)24-3/h4-7,10-11H,8-9,12H2,1-3H3,(H2,19,20,21).